The normalized spacial score (nSPS) is 17.8. The van der Waals surface area contributed by atoms with Crippen molar-refractivity contribution in [2.45, 2.75) is 19.0 Å². The fourth-order valence-corrected chi connectivity index (χ4v) is 4.87. The van der Waals surface area contributed by atoms with Crippen LogP contribution in [0.25, 0.3) is 0 Å². The molecule has 1 atom stereocenters. The van der Waals surface area contributed by atoms with Crippen molar-refractivity contribution < 1.29 is 14.3 Å². The average molecular weight is 429 g/mol. The summed E-state index contributed by atoms with van der Waals surface area (Å²) in [4.78, 5) is 30.3. The number of carbonyl (C=O) groups excluding carboxylic acids is 2. The molecule has 160 valence electrons. The molecule has 0 aliphatic carbocycles. The van der Waals surface area contributed by atoms with Gasteiger partial charge in [-0.3, -0.25) is 9.69 Å². The third-order valence-corrected chi connectivity index (χ3v) is 6.67. The molecule has 4 rings (SSSR count). The molecule has 8 heteroatoms. The number of urea groups is 1. The summed E-state index contributed by atoms with van der Waals surface area (Å²) in [5, 5.41) is 7.73. The number of carbonyl (C=O) groups is 2. The van der Waals surface area contributed by atoms with Gasteiger partial charge in [0.2, 0.25) is 5.91 Å². The van der Waals surface area contributed by atoms with Gasteiger partial charge in [-0.2, -0.15) is 0 Å². The Bertz CT molecular complexity index is 852. The summed E-state index contributed by atoms with van der Waals surface area (Å²) >= 11 is 1.69. The second-order valence-corrected chi connectivity index (χ2v) is 8.56. The molecule has 0 bridgehead atoms. The smallest absolute Gasteiger partial charge is 0.315 e. The van der Waals surface area contributed by atoms with Crippen molar-refractivity contribution in [3.8, 4) is 0 Å². The van der Waals surface area contributed by atoms with Crippen molar-refractivity contribution in [1.29, 1.82) is 0 Å². The van der Waals surface area contributed by atoms with Crippen molar-refractivity contribution in [3.63, 3.8) is 0 Å². The van der Waals surface area contributed by atoms with Crippen LogP contribution in [0.4, 0.5) is 4.79 Å². The first-order chi connectivity index (χ1) is 14.7. The molecular formula is C22H28N4O3S. The predicted molar refractivity (Wildman–Crippen MR) is 116 cm³/mol. The lowest BCUT2D eigenvalue weighted by Gasteiger charge is -2.34. The first-order valence-electron chi connectivity index (χ1n) is 10.4. The molecule has 30 heavy (non-hydrogen) atoms. The summed E-state index contributed by atoms with van der Waals surface area (Å²) in [7, 11) is 0. The van der Waals surface area contributed by atoms with E-state index in [4.69, 9.17) is 4.74 Å². The topological polar surface area (TPSA) is 73.9 Å². The van der Waals surface area contributed by atoms with E-state index in [2.05, 4.69) is 39.1 Å². The molecular weight excluding hydrogens is 400 g/mol. The summed E-state index contributed by atoms with van der Waals surface area (Å²) in [6.45, 7) is 4.92. The van der Waals surface area contributed by atoms with Gasteiger partial charge in [-0.15, -0.1) is 11.3 Å². The Kier molecular flexibility index (Phi) is 6.99. The van der Waals surface area contributed by atoms with Crippen molar-refractivity contribution >= 4 is 23.3 Å². The number of amides is 3. The summed E-state index contributed by atoms with van der Waals surface area (Å²) in [5.74, 6) is -0.0531. The Balaban J connectivity index is 1.25. The second-order valence-electron chi connectivity index (χ2n) is 7.58. The van der Waals surface area contributed by atoms with Crippen LogP contribution in [0.3, 0.4) is 0 Å². The lowest BCUT2D eigenvalue weighted by Crippen LogP contribution is -2.48. The fraction of sp³-hybridized carbons (Fsp3) is 0.455. The maximum absolute atomic E-state index is 12.5. The van der Waals surface area contributed by atoms with Crippen LogP contribution in [-0.2, 0) is 22.5 Å². The molecule has 0 spiro atoms. The lowest BCUT2D eigenvalue weighted by molar-refractivity contribution is -0.131. The van der Waals surface area contributed by atoms with Gasteiger partial charge in [0, 0.05) is 37.6 Å². The van der Waals surface area contributed by atoms with E-state index in [0.29, 0.717) is 32.8 Å². The molecule has 7 nitrogen and oxygen atoms in total. The molecule has 3 heterocycles. The minimum atomic E-state index is -0.310. The first kappa shape index (κ1) is 20.8. The maximum Gasteiger partial charge on any atom is 0.315 e. The second kappa shape index (κ2) is 10.1. The Morgan fingerprint density at radius 3 is 2.60 bits per heavy atom. The number of nitrogens with one attached hydrogen (secondary N) is 2. The van der Waals surface area contributed by atoms with Crippen LogP contribution < -0.4 is 10.6 Å². The van der Waals surface area contributed by atoms with Crippen molar-refractivity contribution in [2.24, 2.45) is 0 Å². The lowest BCUT2D eigenvalue weighted by atomic mass is 10.00. The maximum atomic E-state index is 12.5. The zero-order valence-electron chi connectivity index (χ0n) is 17.0. The molecule has 0 radical (unpaired) electrons. The van der Waals surface area contributed by atoms with E-state index in [0.717, 1.165) is 19.5 Å². The number of fused-ring (bicyclic) bond motifs is 1. The first-order valence-corrected chi connectivity index (χ1v) is 11.3. The van der Waals surface area contributed by atoms with Crippen LogP contribution in [0.15, 0.2) is 41.8 Å². The highest BCUT2D eigenvalue weighted by molar-refractivity contribution is 7.10. The number of benzene rings is 1. The summed E-state index contributed by atoms with van der Waals surface area (Å²) in [6, 6.07) is 12.1. The van der Waals surface area contributed by atoms with E-state index in [1.165, 1.54) is 16.0 Å². The van der Waals surface area contributed by atoms with E-state index < -0.39 is 0 Å². The zero-order chi connectivity index (χ0) is 20.8. The zero-order valence-corrected chi connectivity index (χ0v) is 17.8. The summed E-state index contributed by atoms with van der Waals surface area (Å²) in [6.07, 6.45) is 0.857. The molecule has 1 saturated heterocycles. The number of rotatable bonds is 6. The number of thiophene rings is 1. The molecule has 2 aromatic rings. The van der Waals surface area contributed by atoms with Crippen LogP contribution in [0.1, 0.15) is 22.0 Å². The van der Waals surface area contributed by atoms with E-state index in [1.54, 1.807) is 11.3 Å². The van der Waals surface area contributed by atoms with Gasteiger partial charge in [-0.05, 0) is 29.0 Å². The molecule has 0 saturated carbocycles. The highest BCUT2D eigenvalue weighted by Crippen LogP contribution is 2.25. The van der Waals surface area contributed by atoms with E-state index in [1.807, 2.05) is 23.1 Å². The highest BCUT2D eigenvalue weighted by Gasteiger charge is 2.24. The van der Waals surface area contributed by atoms with E-state index in [9.17, 15) is 9.59 Å². The van der Waals surface area contributed by atoms with Gasteiger partial charge >= 0.3 is 6.03 Å². The van der Waals surface area contributed by atoms with E-state index >= 15 is 0 Å². The predicted octanol–water partition coefficient (Wildman–Crippen LogP) is 2.01. The van der Waals surface area contributed by atoms with Gasteiger partial charge in [0.25, 0.3) is 0 Å². The summed E-state index contributed by atoms with van der Waals surface area (Å²) < 4.78 is 5.46. The van der Waals surface area contributed by atoms with Crippen LogP contribution in [0.2, 0.25) is 0 Å². The molecule has 2 aliphatic heterocycles. The standard InChI is InChI=1S/C22H28N4O3S/c27-21(26-8-7-17-4-1-2-5-18(17)16-26)15-24-22(28)23-14-19(20-6-3-13-30-20)25-9-11-29-12-10-25/h1-6,13,19H,7-12,14-16H2,(H2,23,24,28). The third-order valence-electron chi connectivity index (χ3n) is 5.70. The molecule has 2 aliphatic rings. The SMILES string of the molecule is O=C(NCC(=O)N1CCc2ccccc2C1)NCC(c1cccs1)N1CCOCC1. The Labute approximate surface area is 181 Å². The number of ether oxygens (including phenoxy) is 1. The van der Waals surface area contributed by atoms with Gasteiger partial charge in [-0.25, -0.2) is 4.79 Å². The van der Waals surface area contributed by atoms with Crippen LogP contribution >= 0.6 is 11.3 Å². The van der Waals surface area contributed by atoms with Gasteiger partial charge in [0.05, 0.1) is 25.8 Å². The molecule has 1 aromatic carbocycles. The Hall–Kier alpha value is -2.42. The fourth-order valence-electron chi connectivity index (χ4n) is 4.01. The number of hydrogen-bond acceptors (Lipinski definition) is 5. The van der Waals surface area contributed by atoms with Gasteiger partial charge < -0.3 is 20.3 Å². The van der Waals surface area contributed by atoms with Gasteiger partial charge in [0.15, 0.2) is 0 Å². The van der Waals surface area contributed by atoms with Gasteiger partial charge in [-0.1, -0.05) is 30.3 Å². The van der Waals surface area contributed by atoms with Crippen LogP contribution in [0.5, 0.6) is 0 Å². The minimum absolute atomic E-state index is 0.00915. The Morgan fingerprint density at radius 2 is 1.83 bits per heavy atom. The molecule has 1 fully saturated rings. The quantitative estimate of drug-likeness (QED) is 0.738. The van der Waals surface area contributed by atoms with Gasteiger partial charge in [0.1, 0.15) is 0 Å². The molecule has 1 aromatic heterocycles. The summed E-state index contributed by atoms with van der Waals surface area (Å²) in [5.41, 5.74) is 2.49. The highest BCUT2D eigenvalue weighted by atomic mass is 32.1. The van der Waals surface area contributed by atoms with Crippen molar-refractivity contribution in [1.82, 2.24) is 20.4 Å². The molecule has 1 unspecified atom stereocenters. The third kappa shape index (κ3) is 5.19. The van der Waals surface area contributed by atoms with Crippen molar-refractivity contribution in [2.75, 3.05) is 45.9 Å². The number of hydrogen-bond donors (Lipinski definition) is 2. The minimum Gasteiger partial charge on any atom is -0.379 e. The monoisotopic (exact) mass is 428 g/mol. The molecule has 3 amide bonds. The van der Waals surface area contributed by atoms with Crippen LogP contribution in [0, 0.1) is 0 Å². The molecule has 2 N–H and O–H groups in total. The number of morpholine rings is 1. The van der Waals surface area contributed by atoms with Crippen molar-refractivity contribution in [3.05, 3.63) is 57.8 Å². The van der Waals surface area contributed by atoms with Crippen LogP contribution in [-0.4, -0.2) is 67.7 Å². The Morgan fingerprint density at radius 1 is 1.03 bits per heavy atom. The average Bonchev–Trinajstić information content (AvgIpc) is 3.32. The number of nitrogens with zero attached hydrogens (tertiary/aromatic N) is 2. The largest absolute Gasteiger partial charge is 0.379 e. The van der Waals surface area contributed by atoms with E-state index in [-0.39, 0.29) is 24.5 Å².